The van der Waals surface area contributed by atoms with Gasteiger partial charge in [0.15, 0.2) is 0 Å². The SMILES string of the molecule is N#C/C(=C\c1ccc(Cc2ccccc2Cl)cc1)C(=O)Nc1ccc(F)cc1. The lowest BCUT2D eigenvalue weighted by Crippen LogP contribution is -2.13. The van der Waals surface area contributed by atoms with Gasteiger partial charge in [0.1, 0.15) is 17.5 Å². The molecule has 3 nitrogen and oxygen atoms in total. The Hall–Kier alpha value is -3.42. The van der Waals surface area contributed by atoms with Crippen LogP contribution in [0.3, 0.4) is 0 Å². The zero-order valence-electron chi connectivity index (χ0n) is 14.8. The van der Waals surface area contributed by atoms with E-state index in [9.17, 15) is 14.4 Å². The minimum absolute atomic E-state index is 0.0387. The maximum absolute atomic E-state index is 12.9. The zero-order valence-corrected chi connectivity index (χ0v) is 15.6. The number of amides is 1. The van der Waals surface area contributed by atoms with Crippen LogP contribution in [0.5, 0.6) is 0 Å². The lowest BCUT2D eigenvalue weighted by Gasteiger charge is -2.06. The van der Waals surface area contributed by atoms with Crippen molar-refractivity contribution in [3.05, 3.63) is 106 Å². The highest BCUT2D eigenvalue weighted by Gasteiger charge is 2.10. The third-order valence-corrected chi connectivity index (χ3v) is 4.48. The quantitative estimate of drug-likeness (QED) is 0.454. The molecule has 1 N–H and O–H groups in total. The first-order valence-electron chi connectivity index (χ1n) is 8.56. The van der Waals surface area contributed by atoms with E-state index in [1.165, 1.54) is 30.3 Å². The number of benzene rings is 3. The summed E-state index contributed by atoms with van der Waals surface area (Å²) in [7, 11) is 0. The first-order valence-corrected chi connectivity index (χ1v) is 8.94. The highest BCUT2D eigenvalue weighted by molar-refractivity contribution is 6.31. The van der Waals surface area contributed by atoms with E-state index in [0.29, 0.717) is 12.1 Å². The molecule has 0 heterocycles. The van der Waals surface area contributed by atoms with Crippen LogP contribution in [0, 0.1) is 17.1 Å². The van der Waals surface area contributed by atoms with Gasteiger partial charge in [-0.3, -0.25) is 4.79 Å². The van der Waals surface area contributed by atoms with E-state index in [1.807, 2.05) is 54.6 Å². The van der Waals surface area contributed by atoms with Gasteiger partial charge in [-0.05, 0) is 59.5 Å². The average Bonchev–Trinajstić information content (AvgIpc) is 2.70. The van der Waals surface area contributed by atoms with Gasteiger partial charge >= 0.3 is 0 Å². The van der Waals surface area contributed by atoms with Crippen LogP contribution in [0.2, 0.25) is 5.02 Å². The fourth-order valence-electron chi connectivity index (χ4n) is 2.64. The van der Waals surface area contributed by atoms with Crippen molar-refractivity contribution in [1.82, 2.24) is 0 Å². The molecule has 5 heteroatoms. The molecule has 0 aromatic heterocycles. The van der Waals surface area contributed by atoms with Crippen molar-refractivity contribution in [2.45, 2.75) is 6.42 Å². The fraction of sp³-hybridized carbons (Fsp3) is 0.0435. The molecule has 0 unspecified atom stereocenters. The summed E-state index contributed by atoms with van der Waals surface area (Å²) in [5.74, 6) is -0.944. The zero-order chi connectivity index (χ0) is 19.9. The number of carbonyl (C=O) groups is 1. The van der Waals surface area contributed by atoms with Crippen molar-refractivity contribution in [1.29, 1.82) is 5.26 Å². The van der Waals surface area contributed by atoms with E-state index < -0.39 is 11.7 Å². The molecule has 28 heavy (non-hydrogen) atoms. The summed E-state index contributed by atoms with van der Waals surface area (Å²) in [6.07, 6.45) is 2.21. The first-order chi connectivity index (χ1) is 13.5. The van der Waals surface area contributed by atoms with Gasteiger partial charge in [-0.1, -0.05) is 54.1 Å². The normalized spacial score (nSPS) is 11.0. The van der Waals surface area contributed by atoms with Crippen LogP contribution in [0.25, 0.3) is 6.08 Å². The van der Waals surface area contributed by atoms with Crippen LogP contribution >= 0.6 is 11.6 Å². The number of nitriles is 1. The number of nitrogens with one attached hydrogen (secondary N) is 1. The van der Waals surface area contributed by atoms with Crippen LogP contribution in [0.4, 0.5) is 10.1 Å². The molecule has 0 fully saturated rings. The Kier molecular flexibility index (Phi) is 6.21. The monoisotopic (exact) mass is 390 g/mol. The molecule has 0 radical (unpaired) electrons. The fourth-order valence-corrected chi connectivity index (χ4v) is 2.84. The van der Waals surface area contributed by atoms with E-state index >= 15 is 0 Å². The third-order valence-electron chi connectivity index (χ3n) is 4.11. The minimum Gasteiger partial charge on any atom is -0.321 e. The Morgan fingerprint density at radius 2 is 1.71 bits per heavy atom. The van der Waals surface area contributed by atoms with Gasteiger partial charge in [0.2, 0.25) is 0 Å². The molecule has 3 aromatic rings. The second-order valence-corrected chi connectivity index (χ2v) is 6.55. The topological polar surface area (TPSA) is 52.9 Å². The molecule has 0 spiro atoms. The molecule has 0 saturated heterocycles. The Morgan fingerprint density at radius 1 is 1.04 bits per heavy atom. The molecule has 0 atom stereocenters. The lowest BCUT2D eigenvalue weighted by molar-refractivity contribution is -0.112. The summed E-state index contributed by atoms with van der Waals surface area (Å²) in [5, 5.41) is 12.6. The molecule has 0 aliphatic carbocycles. The number of hydrogen-bond donors (Lipinski definition) is 1. The number of halogens is 2. The number of carbonyl (C=O) groups excluding carboxylic acids is 1. The molecule has 3 aromatic carbocycles. The Morgan fingerprint density at radius 3 is 2.36 bits per heavy atom. The molecule has 0 aliphatic rings. The summed E-state index contributed by atoms with van der Waals surface area (Å²) >= 11 is 6.19. The molecule has 138 valence electrons. The predicted molar refractivity (Wildman–Crippen MR) is 109 cm³/mol. The summed E-state index contributed by atoms with van der Waals surface area (Å²) in [6, 6.07) is 22.5. The van der Waals surface area contributed by atoms with Crippen LogP contribution in [0.15, 0.2) is 78.4 Å². The van der Waals surface area contributed by atoms with Crippen molar-refractivity contribution in [3.8, 4) is 6.07 Å². The second kappa shape index (κ2) is 8.98. The van der Waals surface area contributed by atoms with E-state index in [0.717, 1.165) is 21.7 Å². The molecule has 0 bridgehead atoms. The van der Waals surface area contributed by atoms with Crippen molar-refractivity contribution >= 4 is 29.3 Å². The van der Waals surface area contributed by atoms with Gasteiger partial charge < -0.3 is 5.32 Å². The van der Waals surface area contributed by atoms with E-state index in [4.69, 9.17) is 11.6 Å². The molecule has 3 rings (SSSR count). The Labute approximate surface area is 167 Å². The Bertz CT molecular complexity index is 1050. The highest BCUT2D eigenvalue weighted by Crippen LogP contribution is 2.20. The van der Waals surface area contributed by atoms with Crippen molar-refractivity contribution in [2.24, 2.45) is 0 Å². The van der Waals surface area contributed by atoms with E-state index in [1.54, 1.807) is 0 Å². The highest BCUT2D eigenvalue weighted by atomic mass is 35.5. The molecular weight excluding hydrogens is 375 g/mol. The third kappa shape index (κ3) is 5.06. The van der Waals surface area contributed by atoms with Crippen LogP contribution < -0.4 is 5.32 Å². The summed E-state index contributed by atoms with van der Waals surface area (Å²) in [4.78, 5) is 12.3. The van der Waals surface area contributed by atoms with Crippen LogP contribution in [-0.4, -0.2) is 5.91 Å². The van der Waals surface area contributed by atoms with Crippen molar-refractivity contribution in [3.63, 3.8) is 0 Å². The van der Waals surface area contributed by atoms with E-state index in [-0.39, 0.29) is 5.57 Å². The van der Waals surface area contributed by atoms with Crippen LogP contribution in [0.1, 0.15) is 16.7 Å². The molecule has 0 aliphatic heterocycles. The number of anilines is 1. The maximum Gasteiger partial charge on any atom is 0.266 e. The number of rotatable bonds is 5. The summed E-state index contributed by atoms with van der Waals surface area (Å²) in [6.45, 7) is 0. The van der Waals surface area contributed by atoms with Crippen LogP contribution in [-0.2, 0) is 11.2 Å². The smallest absolute Gasteiger partial charge is 0.266 e. The average molecular weight is 391 g/mol. The van der Waals surface area contributed by atoms with Gasteiger partial charge in [0.25, 0.3) is 5.91 Å². The summed E-state index contributed by atoms with van der Waals surface area (Å²) < 4.78 is 12.9. The van der Waals surface area contributed by atoms with Gasteiger partial charge in [-0.25, -0.2) is 4.39 Å². The second-order valence-electron chi connectivity index (χ2n) is 6.14. The molecule has 1 amide bonds. The summed E-state index contributed by atoms with van der Waals surface area (Å²) in [5.41, 5.74) is 3.21. The number of nitrogens with zero attached hydrogens (tertiary/aromatic N) is 1. The standard InChI is InChI=1S/C23H16ClFN2O/c24-22-4-2-1-3-18(22)13-16-5-7-17(8-6-16)14-19(15-26)23(28)27-21-11-9-20(25)10-12-21/h1-12,14H,13H2,(H,27,28)/b19-14+. The number of hydrogen-bond acceptors (Lipinski definition) is 2. The minimum atomic E-state index is -0.547. The predicted octanol–water partition coefficient (Wildman–Crippen LogP) is 5.62. The van der Waals surface area contributed by atoms with Gasteiger partial charge in [-0.2, -0.15) is 5.26 Å². The Balaban J connectivity index is 1.72. The van der Waals surface area contributed by atoms with Gasteiger partial charge in [-0.15, -0.1) is 0 Å². The largest absolute Gasteiger partial charge is 0.321 e. The van der Waals surface area contributed by atoms with Gasteiger partial charge in [0.05, 0.1) is 0 Å². The van der Waals surface area contributed by atoms with Crippen molar-refractivity contribution < 1.29 is 9.18 Å². The lowest BCUT2D eigenvalue weighted by atomic mass is 10.0. The molecular formula is C23H16ClFN2O. The first kappa shape index (κ1) is 19.3. The van der Waals surface area contributed by atoms with Gasteiger partial charge in [0, 0.05) is 10.7 Å². The maximum atomic E-state index is 12.9. The van der Waals surface area contributed by atoms with E-state index in [2.05, 4.69) is 5.32 Å². The van der Waals surface area contributed by atoms with Crippen molar-refractivity contribution in [2.75, 3.05) is 5.32 Å². The molecule has 0 saturated carbocycles.